The van der Waals surface area contributed by atoms with Gasteiger partial charge in [0.2, 0.25) is 0 Å². The van der Waals surface area contributed by atoms with Crippen molar-refractivity contribution in [3.8, 4) is 0 Å². The highest BCUT2D eigenvalue weighted by Crippen LogP contribution is 2.38. The molecule has 0 aliphatic heterocycles. The maximum absolute atomic E-state index is 12.5. The van der Waals surface area contributed by atoms with Gasteiger partial charge in [-0.05, 0) is 6.42 Å². The van der Waals surface area contributed by atoms with E-state index < -0.39 is 6.17 Å². The summed E-state index contributed by atoms with van der Waals surface area (Å²) in [5.41, 5.74) is -0.125. The third-order valence-electron chi connectivity index (χ3n) is 2.04. The van der Waals surface area contributed by atoms with Crippen LogP contribution in [0.1, 0.15) is 20.3 Å². The first-order chi connectivity index (χ1) is 3.69. The molecule has 0 radical (unpaired) electrons. The predicted molar refractivity (Wildman–Crippen MR) is 32.4 cm³/mol. The number of rotatable bonds is 1. The van der Waals surface area contributed by atoms with E-state index in [2.05, 4.69) is 0 Å². The van der Waals surface area contributed by atoms with Crippen LogP contribution in [0.5, 0.6) is 0 Å². The lowest BCUT2D eigenvalue weighted by molar-refractivity contribution is 0.181. The van der Waals surface area contributed by atoms with Crippen LogP contribution in [0.25, 0.3) is 0 Å². The minimum absolute atomic E-state index is 0.125. The lowest BCUT2D eigenvalue weighted by atomic mass is 9.74. The average Bonchev–Trinajstić information content (AvgIpc) is 1.83. The highest BCUT2D eigenvalue weighted by molar-refractivity contribution is 5.17. The van der Waals surface area contributed by atoms with E-state index in [1.165, 1.54) is 0 Å². The fourth-order valence-corrected chi connectivity index (χ4v) is 0.810. The van der Waals surface area contributed by atoms with Crippen LogP contribution in [0.4, 0.5) is 4.39 Å². The summed E-state index contributed by atoms with van der Waals surface area (Å²) in [6.45, 7) is 3.95. The van der Waals surface area contributed by atoms with Gasteiger partial charge in [-0.25, -0.2) is 4.39 Å². The molecular formula is C7H11F. The van der Waals surface area contributed by atoms with Crippen molar-refractivity contribution in [2.24, 2.45) is 5.41 Å². The second-order valence-electron chi connectivity index (χ2n) is 2.62. The molecular weight excluding hydrogens is 103 g/mol. The molecule has 8 heavy (non-hydrogen) atoms. The van der Waals surface area contributed by atoms with Gasteiger partial charge in [-0.2, -0.15) is 0 Å². The van der Waals surface area contributed by atoms with Gasteiger partial charge in [-0.1, -0.05) is 26.0 Å². The average molecular weight is 114 g/mol. The zero-order valence-electron chi connectivity index (χ0n) is 5.32. The molecule has 0 fully saturated rings. The van der Waals surface area contributed by atoms with Gasteiger partial charge in [-0.15, -0.1) is 0 Å². The van der Waals surface area contributed by atoms with Crippen molar-refractivity contribution in [2.75, 3.05) is 0 Å². The Labute approximate surface area is 49.4 Å². The van der Waals surface area contributed by atoms with Gasteiger partial charge >= 0.3 is 0 Å². The van der Waals surface area contributed by atoms with Gasteiger partial charge in [0, 0.05) is 5.41 Å². The third kappa shape index (κ3) is 0.575. The molecule has 0 spiro atoms. The SMILES string of the molecule is CCC1(C)C=C[C@@H]1F. The van der Waals surface area contributed by atoms with E-state index in [-0.39, 0.29) is 5.41 Å². The topological polar surface area (TPSA) is 0 Å². The molecule has 0 bridgehead atoms. The van der Waals surface area contributed by atoms with E-state index in [4.69, 9.17) is 0 Å². The summed E-state index contributed by atoms with van der Waals surface area (Å²) in [7, 11) is 0. The molecule has 0 heterocycles. The maximum Gasteiger partial charge on any atom is 0.127 e. The van der Waals surface area contributed by atoms with Gasteiger partial charge < -0.3 is 0 Å². The van der Waals surface area contributed by atoms with Gasteiger partial charge in [0.25, 0.3) is 0 Å². The number of halogens is 1. The highest BCUT2D eigenvalue weighted by atomic mass is 19.1. The Hall–Kier alpha value is -0.330. The Morgan fingerprint density at radius 1 is 1.75 bits per heavy atom. The molecule has 1 rings (SSSR count). The Kier molecular flexibility index (Phi) is 1.14. The van der Waals surface area contributed by atoms with Crippen molar-refractivity contribution >= 4 is 0 Å². The first-order valence-corrected chi connectivity index (χ1v) is 3.02. The largest absolute Gasteiger partial charge is 0.242 e. The summed E-state index contributed by atoms with van der Waals surface area (Å²) < 4.78 is 12.5. The molecule has 1 unspecified atom stereocenters. The van der Waals surface area contributed by atoms with Crippen molar-refractivity contribution < 1.29 is 4.39 Å². The van der Waals surface area contributed by atoms with E-state index >= 15 is 0 Å². The van der Waals surface area contributed by atoms with Crippen LogP contribution in [0.3, 0.4) is 0 Å². The molecule has 46 valence electrons. The highest BCUT2D eigenvalue weighted by Gasteiger charge is 2.34. The number of alkyl halides is 1. The van der Waals surface area contributed by atoms with Crippen LogP contribution in [-0.2, 0) is 0 Å². The second kappa shape index (κ2) is 1.57. The van der Waals surface area contributed by atoms with E-state index in [1.54, 1.807) is 6.08 Å². The Morgan fingerprint density at radius 3 is 2.38 bits per heavy atom. The Balaban J connectivity index is 2.59. The van der Waals surface area contributed by atoms with Gasteiger partial charge in [0.1, 0.15) is 6.17 Å². The summed E-state index contributed by atoms with van der Waals surface area (Å²) >= 11 is 0. The van der Waals surface area contributed by atoms with Crippen LogP contribution in [0.15, 0.2) is 12.2 Å². The molecule has 1 heteroatoms. The summed E-state index contributed by atoms with van der Waals surface area (Å²) in [6.07, 6.45) is 3.78. The van der Waals surface area contributed by atoms with E-state index in [0.29, 0.717) is 0 Å². The van der Waals surface area contributed by atoms with Gasteiger partial charge in [0.05, 0.1) is 0 Å². The minimum Gasteiger partial charge on any atom is -0.242 e. The van der Waals surface area contributed by atoms with E-state index in [1.807, 2.05) is 19.9 Å². The van der Waals surface area contributed by atoms with Crippen molar-refractivity contribution in [1.82, 2.24) is 0 Å². The molecule has 1 aliphatic carbocycles. The first kappa shape index (κ1) is 5.80. The standard InChI is InChI=1S/C7H11F/c1-3-7(2)5-4-6(7)8/h4-6H,3H2,1-2H3/t6-,7?/m0/s1. The summed E-state index contributed by atoms with van der Waals surface area (Å²) in [5, 5.41) is 0. The number of hydrogen-bond acceptors (Lipinski definition) is 0. The molecule has 0 aromatic heterocycles. The zero-order chi connectivity index (χ0) is 6.20. The van der Waals surface area contributed by atoms with Crippen molar-refractivity contribution in [3.05, 3.63) is 12.2 Å². The van der Waals surface area contributed by atoms with Gasteiger partial charge in [-0.3, -0.25) is 0 Å². The molecule has 0 nitrogen and oxygen atoms in total. The molecule has 1 aliphatic rings. The van der Waals surface area contributed by atoms with E-state index in [0.717, 1.165) is 6.42 Å². The normalized spacial score (nSPS) is 44.1. The lowest BCUT2D eigenvalue weighted by Gasteiger charge is -2.33. The molecule has 0 amide bonds. The minimum atomic E-state index is -0.688. The second-order valence-corrected chi connectivity index (χ2v) is 2.62. The predicted octanol–water partition coefficient (Wildman–Crippen LogP) is 2.31. The molecule has 2 atom stereocenters. The summed E-state index contributed by atoms with van der Waals surface area (Å²) in [6, 6.07) is 0. The van der Waals surface area contributed by atoms with Crippen LogP contribution in [0.2, 0.25) is 0 Å². The molecule has 0 N–H and O–H groups in total. The first-order valence-electron chi connectivity index (χ1n) is 3.02. The van der Waals surface area contributed by atoms with Crippen LogP contribution < -0.4 is 0 Å². The maximum atomic E-state index is 12.5. The van der Waals surface area contributed by atoms with Crippen molar-refractivity contribution in [3.63, 3.8) is 0 Å². The fourth-order valence-electron chi connectivity index (χ4n) is 0.810. The molecule has 0 saturated heterocycles. The molecule has 0 saturated carbocycles. The zero-order valence-corrected chi connectivity index (χ0v) is 5.32. The van der Waals surface area contributed by atoms with E-state index in [9.17, 15) is 4.39 Å². The van der Waals surface area contributed by atoms with Crippen molar-refractivity contribution in [2.45, 2.75) is 26.4 Å². The smallest absolute Gasteiger partial charge is 0.127 e. The Bertz CT molecular complexity index is 118. The summed E-state index contributed by atoms with van der Waals surface area (Å²) in [4.78, 5) is 0. The fraction of sp³-hybridized carbons (Fsp3) is 0.714. The Morgan fingerprint density at radius 2 is 2.38 bits per heavy atom. The van der Waals surface area contributed by atoms with Crippen molar-refractivity contribution in [1.29, 1.82) is 0 Å². The third-order valence-corrected chi connectivity index (χ3v) is 2.04. The monoisotopic (exact) mass is 114 g/mol. The summed E-state index contributed by atoms with van der Waals surface area (Å²) in [5.74, 6) is 0. The number of allylic oxidation sites excluding steroid dienone is 2. The van der Waals surface area contributed by atoms with Gasteiger partial charge in [0.15, 0.2) is 0 Å². The molecule has 0 aromatic rings. The number of hydrogen-bond donors (Lipinski definition) is 0. The quantitative estimate of drug-likeness (QED) is 0.459. The molecule has 0 aromatic carbocycles. The lowest BCUT2D eigenvalue weighted by Crippen LogP contribution is -2.31. The van der Waals surface area contributed by atoms with Crippen LogP contribution >= 0.6 is 0 Å². The van der Waals surface area contributed by atoms with Crippen LogP contribution in [-0.4, -0.2) is 6.17 Å². The van der Waals surface area contributed by atoms with Crippen LogP contribution in [0, 0.1) is 5.41 Å².